The monoisotopic (exact) mass is 358 g/mol. The van der Waals surface area contributed by atoms with E-state index in [0.29, 0.717) is 31.7 Å². The lowest BCUT2D eigenvalue weighted by Gasteiger charge is -2.34. The third-order valence-corrected chi connectivity index (χ3v) is 4.43. The average molecular weight is 358 g/mol. The second-order valence-corrected chi connectivity index (χ2v) is 6.38. The first-order valence-electron chi connectivity index (χ1n) is 8.66. The molecule has 3 N–H and O–H groups in total. The Morgan fingerprint density at radius 3 is 2.73 bits per heavy atom. The molecule has 0 atom stereocenters. The number of amides is 2. The van der Waals surface area contributed by atoms with Gasteiger partial charge in [-0.2, -0.15) is 0 Å². The highest BCUT2D eigenvalue weighted by Gasteiger charge is 2.25. The standard InChI is InChI=1S/C18H22N4O4/c23-16-12-21(8-4-3-7-17(24)25)9-10-22(16)20-18(26)15-11-13-5-1-2-6-14(13)19-15/h1-2,5-6,11,19H,3-4,7-10,12H2,(H,20,26)(H,24,25). The van der Waals surface area contributed by atoms with E-state index in [1.54, 1.807) is 6.07 Å². The molecule has 0 radical (unpaired) electrons. The number of H-pyrrole nitrogens is 1. The van der Waals surface area contributed by atoms with Crippen molar-refractivity contribution in [3.05, 3.63) is 36.0 Å². The van der Waals surface area contributed by atoms with Crippen LogP contribution in [0, 0.1) is 0 Å². The highest BCUT2D eigenvalue weighted by atomic mass is 16.4. The fraction of sp³-hybridized carbons (Fsp3) is 0.389. The molecule has 2 aromatic rings. The van der Waals surface area contributed by atoms with Gasteiger partial charge < -0.3 is 10.1 Å². The highest BCUT2D eigenvalue weighted by Crippen LogP contribution is 2.14. The largest absolute Gasteiger partial charge is 0.481 e. The molecule has 1 fully saturated rings. The average Bonchev–Trinajstić information content (AvgIpc) is 3.05. The van der Waals surface area contributed by atoms with Gasteiger partial charge in [0.05, 0.1) is 13.1 Å². The summed E-state index contributed by atoms with van der Waals surface area (Å²) in [5.41, 5.74) is 3.94. The summed E-state index contributed by atoms with van der Waals surface area (Å²) in [6.07, 6.45) is 1.48. The van der Waals surface area contributed by atoms with Crippen LogP contribution < -0.4 is 5.43 Å². The number of carboxylic acid groups (broad SMARTS) is 1. The van der Waals surface area contributed by atoms with Gasteiger partial charge in [0.1, 0.15) is 5.69 Å². The number of piperazine rings is 1. The number of aromatic nitrogens is 1. The number of aliphatic carboxylic acids is 1. The van der Waals surface area contributed by atoms with Gasteiger partial charge >= 0.3 is 5.97 Å². The minimum atomic E-state index is -0.800. The number of rotatable bonds is 7. The fourth-order valence-electron chi connectivity index (χ4n) is 3.02. The van der Waals surface area contributed by atoms with E-state index >= 15 is 0 Å². The van der Waals surface area contributed by atoms with Gasteiger partial charge in [0.25, 0.3) is 11.8 Å². The zero-order valence-corrected chi connectivity index (χ0v) is 14.4. The number of fused-ring (bicyclic) bond motifs is 1. The Bertz CT molecular complexity index is 783. The fourth-order valence-corrected chi connectivity index (χ4v) is 3.02. The molecule has 1 saturated heterocycles. The topological polar surface area (TPSA) is 106 Å². The van der Waals surface area contributed by atoms with E-state index in [1.807, 2.05) is 29.2 Å². The lowest BCUT2D eigenvalue weighted by Crippen LogP contribution is -2.57. The zero-order valence-electron chi connectivity index (χ0n) is 14.4. The summed E-state index contributed by atoms with van der Waals surface area (Å²) in [6.45, 7) is 1.96. The van der Waals surface area contributed by atoms with Crippen LogP contribution in [0.15, 0.2) is 30.3 Å². The first kappa shape index (κ1) is 17.9. The maximum atomic E-state index is 12.4. The van der Waals surface area contributed by atoms with E-state index in [2.05, 4.69) is 10.4 Å². The van der Waals surface area contributed by atoms with E-state index in [1.165, 1.54) is 5.01 Å². The van der Waals surface area contributed by atoms with Crippen molar-refractivity contribution >= 4 is 28.7 Å². The SMILES string of the molecule is O=C(O)CCCCN1CCN(NC(=O)c2cc3ccccc3[nH]2)C(=O)C1. The molecule has 1 aromatic carbocycles. The number of carbonyl (C=O) groups is 3. The van der Waals surface area contributed by atoms with E-state index in [9.17, 15) is 14.4 Å². The van der Waals surface area contributed by atoms with E-state index in [-0.39, 0.29) is 24.8 Å². The van der Waals surface area contributed by atoms with E-state index in [0.717, 1.165) is 17.3 Å². The molecule has 26 heavy (non-hydrogen) atoms. The summed E-state index contributed by atoms with van der Waals surface area (Å²) in [4.78, 5) is 40.2. The van der Waals surface area contributed by atoms with E-state index < -0.39 is 5.97 Å². The van der Waals surface area contributed by atoms with Crippen molar-refractivity contribution in [1.29, 1.82) is 0 Å². The van der Waals surface area contributed by atoms with Gasteiger partial charge in [0.15, 0.2) is 0 Å². The lowest BCUT2D eigenvalue weighted by atomic mass is 10.2. The molecule has 1 aromatic heterocycles. The van der Waals surface area contributed by atoms with Crippen molar-refractivity contribution in [2.75, 3.05) is 26.2 Å². The first-order valence-corrected chi connectivity index (χ1v) is 8.66. The predicted molar refractivity (Wildman–Crippen MR) is 95.4 cm³/mol. The molecule has 8 heteroatoms. The molecule has 2 heterocycles. The second-order valence-electron chi connectivity index (χ2n) is 6.38. The first-order chi connectivity index (χ1) is 12.5. The molecule has 1 aliphatic heterocycles. The highest BCUT2D eigenvalue weighted by molar-refractivity contribution is 5.98. The van der Waals surface area contributed by atoms with Gasteiger partial charge in [-0.3, -0.25) is 29.7 Å². The summed E-state index contributed by atoms with van der Waals surface area (Å²) in [5, 5.41) is 10.9. The van der Waals surface area contributed by atoms with Gasteiger partial charge in [-0.05, 0) is 31.5 Å². The lowest BCUT2D eigenvalue weighted by molar-refractivity contribution is -0.139. The Kier molecular flexibility index (Phi) is 5.52. The van der Waals surface area contributed by atoms with Crippen molar-refractivity contribution in [1.82, 2.24) is 20.3 Å². The van der Waals surface area contributed by atoms with Crippen molar-refractivity contribution in [3.63, 3.8) is 0 Å². The van der Waals surface area contributed by atoms with Crippen molar-refractivity contribution in [2.24, 2.45) is 0 Å². The number of carboxylic acids is 1. The smallest absolute Gasteiger partial charge is 0.303 e. The summed E-state index contributed by atoms with van der Waals surface area (Å²) in [5.74, 6) is -1.31. The van der Waals surface area contributed by atoms with Crippen LogP contribution in [0.5, 0.6) is 0 Å². The second kappa shape index (κ2) is 8.01. The van der Waals surface area contributed by atoms with Crippen LogP contribution in [0.3, 0.4) is 0 Å². The number of nitrogens with zero attached hydrogens (tertiary/aromatic N) is 2. The molecule has 0 bridgehead atoms. The number of nitrogens with one attached hydrogen (secondary N) is 2. The maximum absolute atomic E-state index is 12.4. The van der Waals surface area contributed by atoms with Crippen LogP contribution in [0.1, 0.15) is 29.8 Å². The Labute approximate surface area is 150 Å². The van der Waals surface area contributed by atoms with Crippen LogP contribution in [0.4, 0.5) is 0 Å². The van der Waals surface area contributed by atoms with Crippen LogP contribution >= 0.6 is 0 Å². The van der Waals surface area contributed by atoms with E-state index in [4.69, 9.17) is 5.11 Å². The summed E-state index contributed by atoms with van der Waals surface area (Å²) < 4.78 is 0. The third-order valence-electron chi connectivity index (χ3n) is 4.43. The molecule has 1 aliphatic rings. The van der Waals surface area contributed by atoms with Gasteiger partial charge in [-0.1, -0.05) is 18.2 Å². The molecule has 3 rings (SSSR count). The van der Waals surface area contributed by atoms with Gasteiger partial charge in [0, 0.05) is 23.9 Å². The number of hydrogen-bond acceptors (Lipinski definition) is 4. The molecule has 2 amide bonds. The summed E-state index contributed by atoms with van der Waals surface area (Å²) in [6, 6.07) is 9.35. The minimum absolute atomic E-state index is 0.147. The molecule has 8 nitrogen and oxygen atoms in total. The normalized spacial score (nSPS) is 15.4. The van der Waals surface area contributed by atoms with Crippen LogP contribution in [-0.2, 0) is 9.59 Å². The molecule has 0 spiro atoms. The molecule has 0 aliphatic carbocycles. The number of aromatic amines is 1. The zero-order chi connectivity index (χ0) is 18.5. The number of hydrazine groups is 1. The van der Waals surface area contributed by atoms with Crippen molar-refractivity contribution < 1.29 is 19.5 Å². The number of carbonyl (C=O) groups excluding carboxylic acids is 2. The van der Waals surface area contributed by atoms with Gasteiger partial charge in [-0.15, -0.1) is 0 Å². The van der Waals surface area contributed by atoms with Crippen molar-refractivity contribution in [2.45, 2.75) is 19.3 Å². The minimum Gasteiger partial charge on any atom is -0.481 e. The quantitative estimate of drug-likeness (QED) is 0.645. The third kappa shape index (κ3) is 4.40. The Hall–Kier alpha value is -2.87. The summed E-state index contributed by atoms with van der Waals surface area (Å²) in [7, 11) is 0. The predicted octanol–water partition coefficient (Wildman–Crippen LogP) is 1.21. The molecule has 0 saturated carbocycles. The molecular formula is C18H22N4O4. The molecule has 138 valence electrons. The molecule has 0 unspecified atom stereocenters. The number of benzene rings is 1. The maximum Gasteiger partial charge on any atom is 0.303 e. The van der Waals surface area contributed by atoms with Crippen LogP contribution in [-0.4, -0.2) is 64.0 Å². The Morgan fingerprint density at radius 1 is 1.19 bits per heavy atom. The number of hydrogen-bond donors (Lipinski definition) is 3. The number of unbranched alkanes of at least 4 members (excludes halogenated alkanes) is 1. The number of para-hydroxylation sites is 1. The van der Waals surface area contributed by atoms with Crippen LogP contribution in [0.2, 0.25) is 0 Å². The summed E-state index contributed by atoms with van der Waals surface area (Å²) >= 11 is 0. The van der Waals surface area contributed by atoms with Gasteiger partial charge in [-0.25, -0.2) is 0 Å². The Balaban J connectivity index is 1.49. The van der Waals surface area contributed by atoms with Crippen molar-refractivity contribution in [3.8, 4) is 0 Å². The van der Waals surface area contributed by atoms with Gasteiger partial charge in [0.2, 0.25) is 0 Å². The molecular weight excluding hydrogens is 336 g/mol. The van der Waals surface area contributed by atoms with Crippen LogP contribution in [0.25, 0.3) is 10.9 Å². The Morgan fingerprint density at radius 2 is 2.00 bits per heavy atom.